The van der Waals surface area contributed by atoms with Gasteiger partial charge in [-0.2, -0.15) is 9.65 Å². The maximum atomic E-state index is 15.1. The Morgan fingerprint density at radius 3 is 2.79 bits per heavy atom. The molecule has 1 saturated heterocycles. The first-order valence-corrected chi connectivity index (χ1v) is 11.5. The minimum atomic E-state index is -0.723. The first-order chi connectivity index (χ1) is 16.0. The molecule has 2 atom stereocenters. The van der Waals surface area contributed by atoms with Crippen LogP contribution in [0.5, 0.6) is 0 Å². The van der Waals surface area contributed by atoms with Crippen molar-refractivity contribution >= 4 is 23.0 Å². The molecule has 1 aliphatic carbocycles. The summed E-state index contributed by atoms with van der Waals surface area (Å²) in [5.41, 5.74) is 1.07. The standard InChI is InChI=1S/C25H28FN5O3/c1-23(2,3)20-19(26)21(34-29-20)31-14-25(33-22(31)32)9-5-8-24(4,12-25)13-30-15-28-17-7-6-16(11-27)10-18(17)30/h6-7,10,15H,5,8-9,12-14H2,1-4H3/t24-,25-/m0/s1. The maximum absolute atomic E-state index is 15.1. The highest BCUT2D eigenvalue weighted by atomic mass is 19.1. The lowest BCUT2D eigenvalue weighted by atomic mass is 9.68. The van der Waals surface area contributed by atoms with Crippen LogP contribution in [-0.4, -0.2) is 32.9 Å². The lowest BCUT2D eigenvalue weighted by Gasteiger charge is -2.43. The van der Waals surface area contributed by atoms with Crippen LogP contribution in [0.2, 0.25) is 0 Å². The number of aromatic nitrogens is 3. The minimum Gasteiger partial charge on any atom is -0.441 e. The number of ether oxygens (including phenoxy) is 1. The predicted molar refractivity (Wildman–Crippen MR) is 123 cm³/mol. The fraction of sp³-hybridized carbons (Fsp3) is 0.520. The number of nitriles is 1. The number of imidazole rings is 1. The van der Waals surface area contributed by atoms with Crippen LogP contribution in [-0.2, 0) is 16.7 Å². The normalized spacial score (nSPS) is 25.2. The molecule has 1 aliphatic heterocycles. The average molecular weight is 466 g/mol. The molecule has 0 radical (unpaired) electrons. The Labute approximate surface area is 197 Å². The van der Waals surface area contributed by atoms with Crippen LogP contribution in [0.15, 0.2) is 29.0 Å². The molecule has 1 spiro atoms. The van der Waals surface area contributed by atoms with Crippen molar-refractivity contribution in [3.05, 3.63) is 41.6 Å². The molecule has 0 bridgehead atoms. The highest BCUT2D eigenvalue weighted by molar-refractivity contribution is 5.89. The van der Waals surface area contributed by atoms with Crippen molar-refractivity contribution in [3.8, 4) is 6.07 Å². The fourth-order valence-electron chi connectivity index (χ4n) is 5.50. The number of rotatable bonds is 3. The summed E-state index contributed by atoms with van der Waals surface area (Å²) in [5, 5.41) is 13.2. The van der Waals surface area contributed by atoms with Crippen LogP contribution in [0.3, 0.4) is 0 Å². The number of fused-ring (bicyclic) bond motifs is 1. The molecule has 1 saturated carbocycles. The van der Waals surface area contributed by atoms with Crippen molar-refractivity contribution < 1.29 is 18.4 Å². The van der Waals surface area contributed by atoms with Gasteiger partial charge in [0.1, 0.15) is 11.3 Å². The van der Waals surface area contributed by atoms with Gasteiger partial charge in [0.25, 0.3) is 5.88 Å². The van der Waals surface area contributed by atoms with Crippen LogP contribution in [0, 0.1) is 22.6 Å². The van der Waals surface area contributed by atoms with E-state index in [0.717, 1.165) is 23.9 Å². The second-order valence-corrected chi connectivity index (χ2v) is 11.1. The summed E-state index contributed by atoms with van der Waals surface area (Å²) in [6, 6.07) is 7.64. The molecule has 34 heavy (non-hydrogen) atoms. The van der Waals surface area contributed by atoms with Gasteiger partial charge in [-0.25, -0.2) is 14.7 Å². The van der Waals surface area contributed by atoms with Gasteiger partial charge in [0.15, 0.2) is 0 Å². The summed E-state index contributed by atoms with van der Waals surface area (Å²) in [6.07, 6.45) is 4.35. The Balaban J connectivity index is 1.40. The average Bonchev–Trinajstić information content (AvgIpc) is 3.42. The molecule has 2 aliphatic rings. The quantitative estimate of drug-likeness (QED) is 0.520. The smallest absolute Gasteiger partial charge is 0.417 e. The molecule has 3 heterocycles. The Morgan fingerprint density at radius 1 is 1.29 bits per heavy atom. The third kappa shape index (κ3) is 3.71. The van der Waals surface area contributed by atoms with Crippen LogP contribution in [0.25, 0.3) is 11.0 Å². The molecule has 0 N–H and O–H groups in total. The lowest BCUT2D eigenvalue weighted by molar-refractivity contribution is -0.0264. The zero-order valence-corrected chi connectivity index (χ0v) is 19.9. The Bertz CT molecular complexity index is 1320. The van der Waals surface area contributed by atoms with Crippen LogP contribution >= 0.6 is 0 Å². The van der Waals surface area contributed by atoms with Crippen molar-refractivity contribution in [1.82, 2.24) is 14.7 Å². The summed E-state index contributed by atoms with van der Waals surface area (Å²) in [4.78, 5) is 18.6. The first kappa shape index (κ1) is 22.4. The van der Waals surface area contributed by atoms with Gasteiger partial charge in [-0.05, 0) is 49.3 Å². The zero-order valence-electron chi connectivity index (χ0n) is 19.9. The van der Waals surface area contributed by atoms with E-state index in [-0.39, 0.29) is 23.5 Å². The number of hydrogen-bond acceptors (Lipinski definition) is 6. The predicted octanol–water partition coefficient (Wildman–Crippen LogP) is 5.31. The second kappa shape index (κ2) is 7.55. The topological polar surface area (TPSA) is 97.2 Å². The van der Waals surface area contributed by atoms with Crippen LogP contribution < -0.4 is 4.90 Å². The van der Waals surface area contributed by atoms with E-state index in [4.69, 9.17) is 9.26 Å². The minimum absolute atomic E-state index is 0.177. The van der Waals surface area contributed by atoms with Gasteiger partial charge in [-0.3, -0.25) is 0 Å². The highest BCUT2D eigenvalue weighted by Gasteiger charge is 2.53. The number of carbonyl (C=O) groups excluding carboxylic acids is 1. The monoisotopic (exact) mass is 465 g/mol. The highest BCUT2D eigenvalue weighted by Crippen LogP contribution is 2.48. The molecule has 8 nitrogen and oxygen atoms in total. The molecule has 178 valence electrons. The molecule has 0 unspecified atom stereocenters. The van der Waals surface area contributed by atoms with Gasteiger partial charge in [0.05, 0.1) is 35.5 Å². The number of amides is 1. The maximum Gasteiger partial charge on any atom is 0.417 e. The summed E-state index contributed by atoms with van der Waals surface area (Å²) in [6.45, 7) is 8.59. The van der Waals surface area contributed by atoms with Gasteiger partial charge in [-0.15, -0.1) is 0 Å². The van der Waals surface area contributed by atoms with E-state index in [1.165, 1.54) is 4.90 Å². The summed E-state index contributed by atoms with van der Waals surface area (Å²) >= 11 is 0. The first-order valence-electron chi connectivity index (χ1n) is 11.5. The fourth-order valence-corrected chi connectivity index (χ4v) is 5.50. The van der Waals surface area contributed by atoms with E-state index in [9.17, 15) is 10.1 Å². The van der Waals surface area contributed by atoms with Crippen LogP contribution in [0.1, 0.15) is 64.6 Å². The van der Waals surface area contributed by atoms with E-state index in [1.54, 1.807) is 12.4 Å². The van der Waals surface area contributed by atoms with Gasteiger partial charge < -0.3 is 13.8 Å². The number of benzene rings is 1. The SMILES string of the molecule is CC(C)(C)c1noc(N2C[C@@]3(CCC[C@](C)(Cn4cnc5ccc(C#N)cc54)C3)OC2=O)c1F. The van der Waals surface area contributed by atoms with E-state index in [0.29, 0.717) is 24.9 Å². The Kier molecular flexibility index (Phi) is 4.97. The Hall–Kier alpha value is -3.41. The number of anilines is 1. The molecule has 2 fully saturated rings. The Morgan fingerprint density at radius 2 is 2.09 bits per heavy atom. The van der Waals surface area contributed by atoms with E-state index >= 15 is 4.39 Å². The molecule has 2 aromatic heterocycles. The number of halogens is 1. The number of hydrogen-bond donors (Lipinski definition) is 0. The number of carbonyl (C=O) groups is 1. The van der Waals surface area contributed by atoms with Crippen molar-refractivity contribution in [2.75, 3.05) is 11.4 Å². The molecule has 9 heteroatoms. The third-order valence-electron chi connectivity index (χ3n) is 7.01. The van der Waals surface area contributed by atoms with Crippen molar-refractivity contribution in [2.24, 2.45) is 5.41 Å². The molecular formula is C25H28FN5O3. The van der Waals surface area contributed by atoms with Gasteiger partial charge in [0, 0.05) is 12.0 Å². The largest absolute Gasteiger partial charge is 0.441 e. The van der Waals surface area contributed by atoms with Gasteiger partial charge in [0.2, 0.25) is 5.82 Å². The van der Waals surface area contributed by atoms with Crippen molar-refractivity contribution in [3.63, 3.8) is 0 Å². The van der Waals surface area contributed by atoms with Gasteiger partial charge in [-0.1, -0.05) is 32.9 Å². The molecule has 5 rings (SSSR count). The van der Waals surface area contributed by atoms with Gasteiger partial charge >= 0.3 is 6.09 Å². The molecular weight excluding hydrogens is 437 g/mol. The molecule has 3 aromatic rings. The molecule has 1 amide bonds. The molecule has 1 aromatic carbocycles. The third-order valence-corrected chi connectivity index (χ3v) is 7.01. The summed E-state index contributed by atoms with van der Waals surface area (Å²) in [5.74, 6) is -0.790. The van der Waals surface area contributed by atoms with E-state index in [2.05, 4.69) is 27.7 Å². The number of nitrogens with zero attached hydrogens (tertiary/aromatic N) is 5. The summed E-state index contributed by atoms with van der Waals surface area (Å²) < 4.78 is 28.3. The van der Waals surface area contributed by atoms with E-state index in [1.807, 2.05) is 32.9 Å². The lowest BCUT2D eigenvalue weighted by Crippen LogP contribution is -2.45. The van der Waals surface area contributed by atoms with Crippen molar-refractivity contribution in [1.29, 1.82) is 5.26 Å². The summed E-state index contributed by atoms with van der Waals surface area (Å²) in [7, 11) is 0. The zero-order chi connectivity index (χ0) is 24.3. The van der Waals surface area contributed by atoms with Crippen LogP contribution in [0.4, 0.5) is 15.1 Å². The van der Waals surface area contributed by atoms with E-state index < -0.39 is 22.9 Å². The van der Waals surface area contributed by atoms with Crippen molar-refractivity contribution in [2.45, 2.75) is 70.9 Å². The second-order valence-electron chi connectivity index (χ2n) is 11.1.